The third kappa shape index (κ3) is 10.8. The first-order valence-corrected chi connectivity index (χ1v) is 17.9. The molecule has 0 spiro atoms. The third-order valence-corrected chi connectivity index (χ3v) is 10.1. The molecule has 2 aromatic rings. The average molecular weight is 708 g/mol. The van der Waals surface area contributed by atoms with Crippen LogP contribution in [-0.2, 0) is 22.4 Å². The Morgan fingerprint density at radius 2 is 1.78 bits per heavy atom. The van der Waals surface area contributed by atoms with Crippen LogP contribution in [0.5, 0.6) is 23.0 Å². The molecule has 2 saturated carbocycles. The van der Waals surface area contributed by atoms with Gasteiger partial charge in [0.25, 0.3) is 0 Å². The van der Waals surface area contributed by atoms with Gasteiger partial charge in [-0.2, -0.15) is 0 Å². The van der Waals surface area contributed by atoms with Gasteiger partial charge in [-0.1, -0.05) is 25.0 Å². The number of nitrogens with zero attached hydrogens (tertiary/aromatic N) is 2. The number of hydrogen-bond acceptors (Lipinski definition) is 9. The summed E-state index contributed by atoms with van der Waals surface area (Å²) in [5.41, 5.74) is 13.0. The number of aryl methyl sites for hydroxylation is 1. The third-order valence-electron chi connectivity index (χ3n) is 10.1. The molecule has 0 aliphatic heterocycles. The number of methoxy groups -OCH3 is 1. The number of carbonyl (C=O) groups excluding carboxylic acids is 1. The Kier molecular flexibility index (Phi) is 14.4. The van der Waals surface area contributed by atoms with E-state index in [1.165, 1.54) is 7.11 Å². The molecule has 4 rings (SSSR count). The monoisotopic (exact) mass is 707 g/mol. The molecule has 0 aromatic heterocycles. The van der Waals surface area contributed by atoms with E-state index in [-0.39, 0.29) is 23.2 Å². The summed E-state index contributed by atoms with van der Waals surface area (Å²) in [4.78, 5) is 21.5. The molecule has 13 nitrogen and oxygen atoms in total. The molecule has 51 heavy (non-hydrogen) atoms. The smallest absolute Gasteiger partial charge is 0.192 e. The summed E-state index contributed by atoms with van der Waals surface area (Å²) in [7, 11) is 6.62. The van der Waals surface area contributed by atoms with Gasteiger partial charge in [0.2, 0.25) is 0 Å². The van der Waals surface area contributed by atoms with E-state index in [1.807, 2.05) is 37.4 Å². The number of hydrogen-bond donors (Lipinski definition) is 7. The molecule has 0 heterocycles. The van der Waals surface area contributed by atoms with Gasteiger partial charge in [0.15, 0.2) is 40.7 Å². The van der Waals surface area contributed by atoms with Crippen LogP contribution < -0.4 is 36.9 Å². The van der Waals surface area contributed by atoms with Crippen molar-refractivity contribution in [1.29, 1.82) is 0 Å². The lowest BCUT2D eigenvalue weighted by Gasteiger charge is -2.31. The predicted molar refractivity (Wildman–Crippen MR) is 202 cm³/mol. The Balaban J connectivity index is 1.45. The first kappa shape index (κ1) is 39.3. The number of phenols is 2. The molecule has 2 fully saturated rings. The molecule has 280 valence electrons. The minimum absolute atomic E-state index is 0.0337. The number of guanidine groups is 2. The first-order valence-electron chi connectivity index (χ1n) is 17.9. The second-order valence-corrected chi connectivity index (χ2v) is 13.8. The van der Waals surface area contributed by atoms with Gasteiger partial charge in [-0.25, -0.2) is 0 Å². The maximum atomic E-state index is 13.7. The van der Waals surface area contributed by atoms with Crippen LogP contribution in [0.25, 0.3) is 0 Å². The second kappa shape index (κ2) is 18.7. The number of likely N-dealkylation sites (N-methyl/N-ethyl adjacent to an activating group) is 1. The molecule has 0 radical (unpaired) electrons. The van der Waals surface area contributed by atoms with Gasteiger partial charge >= 0.3 is 0 Å². The number of nitrogens with two attached hydrogens (primary N) is 2. The second-order valence-electron chi connectivity index (χ2n) is 13.8. The Labute approximate surface area is 301 Å². The summed E-state index contributed by atoms with van der Waals surface area (Å²) in [5, 5.41) is 30.6. The maximum absolute atomic E-state index is 13.7. The molecule has 0 unspecified atom stereocenters. The van der Waals surface area contributed by atoms with Crippen LogP contribution in [-0.4, -0.2) is 81.7 Å². The lowest BCUT2D eigenvalue weighted by molar-refractivity contribution is -0.123. The fourth-order valence-corrected chi connectivity index (χ4v) is 7.39. The van der Waals surface area contributed by atoms with E-state index in [4.69, 9.17) is 25.7 Å². The van der Waals surface area contributed by atoms with Crippen molar-refractivity contribution in [2.24, 2.45) is 32.8 Å². The molecule has 2 aromatic carbocycles. The summed E-state index contributed by atoms with van der Waals surface area (Å²) in [6, 6.07) is 9.03. The fraction of sp³-hybridized carbons (Fsp3) is 0.553. The molecule has 2 aliphatic rings. The van der Waals surface area contributed by atoms with Crippen molar-refractivity contribution in [3.8, 4) is 23.0 Å². The first-order chi connectivity index (χ1) is 24.6. The molecule has 9 N–H and O–H groups in total. The normalized spacial score (nSPS) is 20.5. The van der Waals surface area contributed by atoms with Crippen LogP contribution in [0.1, 0.15) is 68.9 Å². The highest BCUT2D eigenvalue weighted by atomic mass is 16.5. The Bertz CT molecular complexity index is 1560. The van der Waals surface area contributed by atoms with Crippen LogP contribution in [0.3, 0.4) is 0 Å². The fourth-order valence-electron chi connectivity index (χ4n) is 7.39. The van der Waals surface area contributed by atoms with E-state index in [0.717, 1.165) is 62.5 Å². The minimum atomic E-state index is -0.516. The molecular formula is C38H57N7O6. The van der Waals surface area contributed by atoms with Crippen LogP contribution in [0, 0.1) is 11.3 Å². The van der Waals surface area contributed by atoms with Crippen molar-refractivity contribution in [2.75, 3.05) is 53.5 Å². The summed E-state index contributed by atoms with van der Waals surface area (Å²) >= 11 is 0. The van der Waals surface area contributed by atoms with Gasteiger partial charge in [-0.05, 0) is 112 Å². The number of anilines is 1. The Morgan fingerprint density at radius 1 is 1.04 bits per heavy atom. The summed E-state index contributed by atoms with van der Waals surface area (Å²) in [6.45, 7) is 1.50. The number of nitrogens with one attached hydrogen (secondary N) is 3. The Hall–Kier alpha value is -4.49. The van der Waals surface area contributed by atoms with Crippen molar-refractivity contribution >= 4 is 23.4 Å². The van der Waals surface area contributed by atoms with E-state index < -0.39 is 11.0 Å². The lowest BCUT2D eigenvalue weighted by Crippen LogP contribution is -2.42. The number of benzene rings is 2. The van der Waals surface area contributed by atoms with E-state index >= 15 is 0 Å². The molecule has 0 saturated heterocycles. The average Bonchev–Trinajstić information content (AvgIpc) is 3.77. The zero-order valence-electron chi connectivity index (χ0n) is 30.6. The zero-order chi connectivity index (χ0) is 36.9. The van der Waals surface area contributed by atoms with Crippen molar-refractivity contribution < 1.29 is 29.2 Å². The van der Waals surface area contributed by atoms with Gasteiger partial charge in [-0.3, -0.25) is 14.8 Å². The summed E-state index contributed by atoms with van der Waals surface area (Å²) in [5.74, 6) is 1.86. The lowest BCUT2D eigenvalue weighted by atomic mass is 9.76. The highest BCUT2D eigenvalue weighted by Crippen LogP contribution is 2.45. The van der Waals surface area contributed by atoms with E-state index in [2.05, 4.69) is 25.9 Å². The van der Waals surface area contributed by atoms with Crippen LogP contribution in [0.2, 0.25) is 0 Å². The number of phenolic OH excluding ortho intramolecular Hbond substituents is 2. The predicted octanol–water partition coefficient (Wildman–Crippen LogP) is 4.36. The number of carbonyl (C=O) groups is 1. The highest BCUT2D eigenvalue weighted by molar-refractivity contribution is 5.95. The standard InChI is InChI=1S/C38H57N7O6/c1-41-24-38(17-13-26(23-38)14-18-50-25-44-35(39)42-2)51-32-20-27(19-29(34(32)48)45-36(40)43-3)9-5-6-10-33(47)37(15-7-8-16-37)22-28-11-12-30(46)31(21-28)49-4/h6,10-12,19-21,26,41,46,48H,5,7-9,13-18,22-25H2,1-4H3,(H3,39,42,44)(H3,40,43,45)/b10-6+/t26-,38+/m1/s1. The molecular weight excluding hydrogens is 650 g/mol. The van der Waals surface area contributed by atoms with Gasteiger partial charge in [-0.15, -0.1) is 0 Å². The van der Waals surface area contributed by atoms with Gasteiger partial charge < -0.3 is 51.8 Å². The zero-order valence-corrected chi connectivity index (χ0v) is 30.6. The number of aromatic hydroxyl groups is 2. The topological polar surface area (TPSA) is 198 Å². The molecule has 2 atom stereocenters. The van der Waals surface area contributed by atoms with Crippen LogP contribution >= 0.6 is 0 Å². The largest absolute Gasteiger partial charge is 0.504 e. The number of allylic oxidation sites excluding steroid dienone is 2. The van der Waals surface area contributed by atoms with E-state index in [9.17, 15) is 15.0 Å². The number of ether oxygens (including phenoxy) is 3. The molecule has 2 aliphatic carbocycles. The van der Waals surface area contributed by atoms with Crippen LogP contribution in [0.15, 0.2) is 52.5 Å². The maximum Gasteiger partial charge on any atom is 0.192 e. The molecule has 13 heteroatoms. The Morgan fingerprint density at radius 3 is 2.49 bits per heavy atom. The molecule has 0 bridgehead atoms. The number of aliphatic imine (C=N–C) groups is 2. The van der Waals surface area contributed by atoms with Gasteiger partial charge in [0.1, 0.15) is 12.3 Å². The highest BCUT2D eigenvalue weighted by Gasteiger charge is 2.42. The van der Waals surface area contributed by atoms with Crippen LogP contribution in [0.4, 0.5) is 5.69 Å². The quantitative estimate of drug-likeness (QED) is 0.0290. The minimum Gasteiger partial charge on any atom is -0.504 e. The summed E-state index contributed by atoms with van der Waals surface area (Å²) in [6.07, 6.45) is 12.6. The molecule has 0 amide bonds. The van der Waals surface area contributed by atoms with Crippen molar-refractivity contribution in [1.82, 2.24) is 10.6 Å². The van der Waals surface area contributed by atoms with Crippen molar-refractivity contribution in [3.63, 3.8) is 0 Å². The van der Waals surface area contributed by atoms with Gasteiger partial charge in [0.05, 0.1) is 12.8 Å². The SMILES string of the molecule is CN=C(N)NCOCC[C@H]1CC[C@](CNC)(Oc2cc(CC/C=C/C(=O)C3(Cc4ccc(O)c(OC)c4)CCCC3)cc(NC(N)=NC)c2O)C1. The van der Waals surface area contributed by atoms with Gasteiger partial charge in [0, 0.05) is 32.7 Å². The van der Waals surface area contributed by atoms with Crippen molar-refractivity contribution in [3.05, 3.63) is 53.6 Å². The van der Waals surface area contributed by atoms with Crippen molar-refractivity contribution in [2.45, 2.75) is 76.2 Å². The van der Waals surface area contributed by atoms with E-state index in [1.54, 1.807) is 26.2 Å². The summed E-state index contributed by atoms with van der Waals surface area (Å²) < 4.78 is 17.7. The van der Waals surface area contributed by atoms with E-state index in [0.29, 0.717) is 68.2 Å². The number of rotatable bonds is 18. The number of ketones is 1.